The Balaban J connectivity index is 3.21. The first kappa shape index (κ1) is 11.9. The van der Waals surface area contributed by atoms with Crippen LogP contribution in [0, 0.1) is 9.39 Å². The second-order valence-corrected chi connectivity index (χ2v) is 4.25. The van der Waals surface area contributed by atoms with Crippen LogP contribution in [0.4, 0.5) is 4.39 Å². The van der Waals surface area contributed by atoms with Gasteiger partial charge in [0.15, 0.2) is 5.78 Å². The molecule has 0 saturated heterocycles. The van der Waals surface area contributed by atoms with Gasteiger partial charge >= 0.3 is 0 Å². The van der Waals surface area contributed by atoms with Crippen molar-refractivity contribution in [3.8, 4) is 5.75 Å². The fraction of sp³-hybridized carbons (Fsp3) is 0.222. The van der Waals surface area contributed by atoms with Crippen molar-refractivity contribution in [1.29, 1.82) is 0 Å². The second kappa shape index (κ2) is 5.06. The Hall–Kier alpha value is -0.170. The SMILES string of the molecule is COc1cc(F)c(C(=O)CBr)cc1I. The Morgan fingerprint density at radius 3 is 2.79 bits per heavy atom. The first-order valence-electron chi connectivity index (χ1n) is 3.72. The summed E-state index contributed by atoms with van der Waals surface area (Å²) in [6.07, 6.45) is 0. The molecule has 0 aliphatic carbocycles. The molecule has 76 valence electrons. The summed E-state index contributed by atoms with van der Waals surface area (Å²) in [6.45, 7) is 0. The molecular weight excluding hydrogens is 366 g/mol. The maximum atomic E-state index is 13.3. The quantitative estimate of drug-likeness (QED) is 0.463. The minimum atomic E-state index is -0.549. The van der Waals surface area contributed by atoms with E-state index in [0.29, 0.717) is 5.75 Å². The van der Waals surface area contributed by atoms with Crippen LogP contribution in [-0.2, 0) is 0 Å². The largest absolute Gasteiger partial charge is 0.496 e. The van der Waals surface area contributed by atoms with Crippen molar-refractivity contribution in [3.63, 3.8) is 0 Å². The van der Waals surface area contributed by atoms with Crippen LogP contribution in [-0.4, -0.2) is 18.2 Å². The summed E-state index contributed by atoms with van der Waals surface area (Å²) in [6, 6.07) is 2.70. The van der Waals surface area contributed by atoms with Gasteiger partial charge in [0, 0.05) is 6.07 Å². The molecule has 5 heteroatoms. The van der Waals surface area contributed by atoms with Crippen LogP contribution in [0.2, 0.25) is 0 Å². The summed E-state index contributed by atoms with van der Waals surface area (Å²) >= 11 is 4.99. The summed E-state index contributed by atoms with van der Waals surface area (Å²) in [7, 11) is 1.46. The van der Waals surface area contributed by atoms with Crippen molar-refractivity contribution in [2.75, 3.05) is 12.4 Å². The number of hydrogen-bond donors (Lipinski definition) is 0. The van der Waals surface area contributed by atoms with Crippen LogP contribution in [0.3, 0.4) is 0 Å². The van der Waals surface area contributed by atoms with Gasteiger partial charge in [0.2, 0.25) is 0 Å². The fourth-order valence-electron chi connectivity index (χ4n) is 0.971. The molecule has 0 aliphatic rings. The topological polar surface area (TPSA) is 26.3 Å². The molecule has 0 heterocycles. The Morgan fingerprint density at radius 1 is 1.64 bits per heavy atom. The van der Waals surface area contributed by atoms with Crippen molar-refractivity contribution in [1.82, 2.24) is 0 Å². The number of ketones is 1. The molecule has 0 saturated carbocycles. The average molecular weight is 373 g/mol. The highest BCUT2D eigenvalue weighted by Gasteiger charge is 2.13. The lowest BCUT2D eigenvalue weighted by molar-refractivity contribution is 0.102. The van der Waals surface area contributed by atoms with Crippen molar-refractivity contribution in [2.24, 2.45) is 0 Å². The molecule has 0 fully saturated rings. The third-order valence-corrected chi connectivity index (χ3v) is 3.02. The number of alkyl halides is 1. The normalized spacial score (nSPS) is 10.0. The van der Waals surface area contributed by atoms with Crippen LogP contribution in [0.25, 0.3) is 0 Å². The molecule has 0 aliphatic heterocycles. The minimum absolute atomic E-state index is 0.0899. The number of carbonyl (C=O) groups excluding carboxylic acids is 1. The van der Waals surface area contributed by atoms with Crippen LogP contribution < -0.4 is 4.74 Å². The van der Waals surface area contributed by atoms with Gasteiger partial charge in [0.1, 0.15) is 11.6 Å². The lowest BCUT2D eigenvalue weighted by Gasteiger charge is -2.06. The van der Waals surface area contributed by atoms with E-state index in [1.165, 1.54) is 19.2 Å². The number of benzene rings is 1. The van der Waals surface area contributed by atoms with Crippen LogP contribution in [0.5, 0.6) is 5.75 Å². The molecule has 0 N–H and O–H groups in total. The smallest absolute Gasteiger partial charge is 0.176 e. The van der Waals surface area contributed by atoms with Crippen molar-refractivity contribution in [3.05, 3.63) is 27.1 Å². The molecule has 0 atom stereocenters. The van der Waals surface area contributed by atoms with E-state index in [-0.39, 0.29) is 16.7 Å². The highest BCUT2D eigenvalue weighted by atomic mass is 127. The molecule has 0 aromatic heterocycles. The van der Waals surface area contributed by atoms with E-state index in [4.69, 9.17) is 4.74 Å². The predicted molar refractivity (Wildman–Crippen MR) is 63.8 cm³/mol. The van der Waals surface area contributed by atoms with E-state index >= 15 is 0 Å². The molecule has 1 aromatic rings. The molecule has 2 nitrogen and oxygen atoms in total. The number of hydrogen-bond acceptors (Lipinski definition) is 2. The monoisotopic (exact) mass is 372 g/mol. The van der Waals surface area contributed by atoms with E-state index < -0.39 is 5.82 Å². The molecule has 0 spiro atoms. The van der Waals surface area contributed by atoms with E-state index in [2.05, 4.69) is 15.9 Å². The Morgan fingerprint density at radius 2 is 2.29 bits per heavy atom. The highest BCUT2D eigenvalue weighted by Crippen LogP contribution is 2.24. The number of ether oxygens (including phenoxy) is 1. The number of Topliss-reactive ketones (excluding diaryl/α,β-unsaturated/α-hetero) is 1. The standard InChI is InChI=1S/C9H7BrFIO2/c1-14-9-3-6(11)5(2-7(9)12)8(13)4-10/h2-3H,4H2,1H3. The Kier molecular flexibility index (Phi) is 4.31. The molecule has 0 bridgehead atoms. The molecule has 0 unspecified atom stereocenters. The van der Waals surface area contributed by atoms with Gasteiger partial charge in [-0.3, -0.25) is 4.79 Å². The van der Waals surface area contributed by atoms with Gasteiger partial charge < -0.3 is 4.74 Å². The summed E-state index contributed by atoms with van der Waals surface area (Å²) in [5, 5.41) is 0.117. The number of carbonyl (C=O) groups is 1. The maximum Gasteiger partial charge on any atom is 0.176 e. The third-order valence-electron chi connectivity index (χ3n) is 1.66. The molecule has 14 heavy (non-hydrogen) atoms. The molecule has 1 rings (SSSR count). The number of halogens is 3. The fourth-order valence-corrected chi connectivity index (χ4v) is 1.96. The van der Waals surface area contributed by atoms with Crippen LogP contribution in [0.1, 0.15) is 10.4 Å². The second-order valence-electron chi connectivity index (χ2n) is 2.52. The molecule has 0 radical (unpaired) electrons. The van der Waals surface area contributed by atoms with E-state index in [1.54, 1.807) is 0 Å². The lowest BCUT2D eigenvalue weighted by Crippen LogP contribution is -2.04. The van der Waals surface area contributed by atoms with Crippen LogP contribution >= 0.6 is 38.5 Å². The maximum absolute atomic E-state index is 13.3. The van der Waals surface area contributed by atoms with E-state index in [9.17, 15) is 9.18 Å². The zero-order chi connectivity index (χ0) is 10.7. The predicted octanol–water partition coefficient (Wildman–Crippen LogP) is 3.02. The zero-order valence-electron chi connectivity index (χ0n) is 7.31. The summed E-state index contributed by atoms with van der Waals surface area (Å²) in [5.74, 6) is -0.385. The van der Waals surface area contributed by atoms with Gasteiger partial charge in [-0.1, -0.05) is 15.9 Å². The van der Waals surface area contributed by atoms with Crippen LogP contribution in [0.15, 0.2) is 12.1 Å². The highest BCUT2D eigenvalue weighted by molar-refractivity contribution is 14.1. The summed E-state index contributed by atoms with van der Waals surface area (Å²) in [4.78, 5) is 11.3. The molecular formula is C9H7BrFIO2. The van der Waals surface area contributed by atoms with Crippen molar-refractivity contribution in [2.45, 2.75) is 0 Å². The number of rotatable bonds is 3. The average Bonchev–Trinajstić information content (AvgIpc) is 2.19. The summed E-state index contributed by atoms with van der Waals surface area (Å²) < 4.78 is 19.0. The Bertz CT molecular complexity index is 368. The van der Waals surface area contributed by atoms with E-state index in [0.717, 1.165) is 3.57 Å². The van der Waals surface area contributed by atoms with Gasteiger partial charge in [-0.05, 0) is 28.7 Å². The van der Waals surface area contributed by atoms with Gasteiger partial charge in [0.25, 0.3) is 0 Å². The van der Waals surface area contributed by atoms with E-state index in [1.807, 2.05) is 22.6 Å². The van der Waals surface area contributed by atoms with Crippen molar-refractivity contribution >= 4 is 44.3 Å². The third kappa shape index (κ3) is 2.44. The number of methoxy groups -OCH3 is 1. The summed E-state index contributed by atoms with van der Waals surface area (Å²) in [5.41, 5.74) is 0.0899. The zero-order valence-corrected chi connectivity index (χ0v) is 11.1. The minimum Gasteiger partial charge on any atom is -0.496 e. The lowest BCUT2D eigenvalue weighted by atomic mass is 10.1. The van der Waals surface area contributed by atoms with Crippen molar-refractivity contribution < 1.29 is 13.9 Å². The van der Waals surface area contributed by atoms with Gasteiger partial charge in [-0.15, -0.1) is 0 Å². The molecule has 0 amide bonds. The molecule has 1 aromatic carbocycles. The first-order chi connectivity index (χ1) is 6.60. The van der Waals surface area contributed by atoms with Gasteiger partial charge in [-0.2, -0.15) is 0 Å². The first-order valence-corrected chi connectivity index (χ1v) is 5.92. The Labute approximate surface area is 103 Å². The van der Waals surface area contributed by atoms with Gasteiger partial charge in [0.05, 0.1) is 21.6 Å². The van der Waals surface area contributed by atoms with Gasteiger partial charge in [-0.25, -0.2) is 4.39 Å².